The lowest BCUT2D eigenvalue weighted by molar-refractivity contribution is 0.156. The van der Waals surface area contributed by atoms with Crippen molar-refractivity contribution in [2.24, 2.45) is 5.73 Å². The number of nitrogens with one attached hydrogen (secondary N) is 1. The molecule has 1 amide bonds. The van der Waals surface area contributed by atoms with E-state index in [9.17, 15) is 4.79 Å². The highest BCUT2D eigenvalue weighted by molar-refractivity contribution is 5.69. The minimum absolute atomic E-state index is 0.203. The summed E-state index contributed by atoms with van der Waals surface area (Å²) in [5.74, 6) is 0. The Bertz CT molecular complexity index is 188. The highest BCUT2D eigenvalue weighted by Gasteiger charge is 2.20. The van der Waals surface area contributed by atoms with Gasteiger partial charge < -0.3 is 10.5 Å². The summed E-state index contributed by atoms with van der Waals surface area (Å²) in [5, 5.41) is 3.23. The second kappa shape index (κ2) is 7.48. The molecular weight excluding hydrogens is 194 g/mol. The quantitative estimate of drug-likeness (QED) is 0.579. The van der Waals surface area contributed by atoms with Gasteiger partial charge in [-0.25, -0.2) is 4.79 Å². The van der Waals surface area contributed by atoms with Crippen molar-refractivity contribution >= 4 is 6.09 Å². The van der Waals surface area contributed by atoms with Gasteiger partial charge in [0.25, 0.3) is 0 Å². The van der Waals surface area contributed by atoms with Gasteiger partial charge in [0.2, 0.25) is 0 Å². The van der Waals surface area contributed by atoms with Gasteiger partial charge in [0, 0.05) is 0 Å². The zero-order valence-corrected chi connectivity index (χ0v) is 9.21. The molecule has 88 valence electrons. The van der Waals surface area contributed by atoms with Gasteiger partial charge in [0.05, 0.1) is 13.2 Å². The van der Waals surface area contributed by atoms with Crippen molar-refractivity contribution in [2.75, 3.05) is 32.9 Å². The largest absolute Gasteiger partial charge is 0.447 e. The van der Waals surface area contributed by atoms with E-state index in [1.165, 1.54) is 12.8 Å². The summed E-state index contributed by atoms with van der Waals surface area (Å²) < 4.78 is 4.81. The Hall–Kier alpha value is -0.810. The molecule has 0 aromatic carbocycles. The third-order valence-electron chi connectivity index (χ3n) is 2.46. The standard InChI is InChI=1S/C10H21N3O2/c11-5-3-1-2-4-6-12-9-13-7-8-15-10(13)14/h12H,1-9,11H2. The summed E-state index contributed by atoms with van der Waals surface area (Å²) in [7, 11) is 0. The van der Waals surface area contributed by atoms with Crippen LogP contribution in [-0.2, 0) is 4.74 Å². The molecular formula is C10H21N3O2. The van der Waals surface area contributed by atoms with Crippen LogP contribution in [0.4, 0.5) is 4.79 Å². The van der Waals surface area contributed by atoms with Gasteiger partial charge in [-0.1, -0.05) is 12.8 Å². The maximum atomic E-state index is 11.0. The molecule has 0 bridgehead atoms. The van der Waals surface area contributed by atoms with E-state index in [-0.39, 0.29) is 6.09 Å². The van der Waals surface area contributed by atoms with Crippen LogP contribution in [0.25, 0.3) is 0 Å². The maximum absolute atomic E-state index is 11.0. The minimum Gasteiger partial charge on any atom is -0.447 e. The van der Waals surface area contributed by atoms with Crippen molar-refractivity contribution in [1.29, 1.82) is 0 Å². The number of nitrogens with two attached hydrogens (primary N) is 1. The normalized spacial score (nSPS) is 15.8. The van der Waals surface area contributed by atoms with Crippen LogP contribution in [0, 0.1) is 0 Å². The Morgan fingerprint density at radius 3 is 2.80 bits per heavy atom. The van der Waals surface area contributed by atoms with E-state index in [1.807, 2.05) is 0 Å². The monoisotopic (exact) mass is 215 g/mol. The Balaban J connectivity index is 1.86. The molecule has 0 aromatic heterocycles. The fourth-order valence-corrected chi connectivity index (χ4v) is 1.53. The van der Waals surface area contributed by atoms with Gasteiger partial charge in [0.1, 0.15) is 6.61 Å². The summed E-state index contributed by atoms with van der Waals surface area (Å²) >= 11 is 0. The van der Waals surface area contributed by atoms with Gasteiger partial charge in [0.15, 0.2) is 0 Å². The Labute approximate surface area is 90.9 Å². The first kappa shape index (κ1) is 12.3. The van der Waals surface area contributed by atoms with E-state index < -0.39 is 0 Å². The van der Waals surface area contributed by atoms with Gasteiger partial charge in [-0.05, 0) is 25.9 Å². The van der Waals surface area contributed by atoms with Crippen LogP contribution in [-0.4, -0.2) is 43.9 Å². The lowest BCUT2D eigenvalue weighted by Crippen LogP contribution is -2.35. The summed E-state index contributed by atoms with van der Waals surface area (Å²) in [5.41, 5.74) is 5.39. The van der Waals surface area contributed by atoms with Crippen LogP contribution in [0.2, 0.25) is 0 Å². The molecule has 1 heterocycles. The molecule has 1 fully saturated rings. The Morgan fingerprint density at radius 2 is 2.13 bits per heavy atom. The molecule has 5 heteroatoms. The zero-order valence-electron chi connectivity index (χ0n) is 9.21. The van der Waals surface area contributed by atoms with E-state index in [2.05, 4.69) is 5.32 Å². The molecule has 3 N–H and O–H groups in total. The highest BCUT2D eigenvalue weighted by Crippen LogP contribution is 2.01. The number of carbonyl (C=O) groups excluding carboxylic acids is 1. The number of hydrogen-bond donors (Lipinski definition) is 2. The number of carbonyl (C=O) groups is 1. The molecule has 0 spiro atoms. The number of hydrogen-bond acceptors (Lipinski definition) is 4. The molecule has 0 radical (unpaired) electrons. The molecule has 1 aliphatic heterocycles. The number of rotatable bonds is 8. The summed E-state index contributed by atoms with van der Waals surface area (Å²) in [6.07, 6.45) is 4.45. The van der Waals surface area contributed by atoms with E-state index in [4.69, 9.17) is 10.5 Å². The molecule has 1 aliphatic rings. The average Bonchev–Trinajstić information content (AvgIpc) is 2.63. The SMILES string of the molecule is NCCCCCCNCN1CCOC1=O. The molecule has 15 heavy (non-hydrogen) atoms. The van der Waals surface area contributed by atoms with E-state index in [0.717, 1.165) is 25.9 Å². The van der Waals surface area contributed by atoms with Gasteiger partial charge in [-0.15, -0.1) is 0 Å². The van der Waals surface area contributed by atoms with E-state index in [1.54, 1.807) is 4.90 Å². The van der Waals surface area contributed by atoms with Crippen LogP contribution in [0.15, 0.2) is 0 Å². The number of cyclic esters (lactones) is 1. The van der Waals surface area contributed by atoms with Crippen LogP contribution in [0.3, 0.4) is 0 Å². The van der Waals surface area contributed by atoms with Gasteiger partial charge in [-0.2, -0.15) is 0 Å². The molecule has 0 unspecified atom stereocenters. The molecule has 1 rings (SSSR count). The molecule has 1 saturated heterocycles. The second-order valence-corrected chi connectivity index (χ2v) is 3.74. The fraction of sp³-hybridized carbons (Fsp3) is 0.900. The maximum Gasteiger partial charge on any atom is 0.410 e. The smallest absolute Gasteiger partial charge is 0.410 e. The number of ether oxygens (including phenoxy) is 1. The van der Waals surface area contributed by atoms with Crippen LogP contribution < -0.4 is 11.1 Å². The molecule has 0 aliphatic carbocycles. The number of unbranched alkanes of at least 4 members (excludes halogenated alkanes) is 3. The zero-order chi connectivity index (χ0) is 10.9. The predicted molar refractivity (Wildman–Crippen MR) is 58.4 cm³/mol. The first-order valence-corrected chi connectivity index (χ1v) is 5.67. The van der Waals surface area contributed by atoms with Crippen molar-refractivity contribution < 1.29 is 9.53 Å². The first-order chi connectivity index (χ1) is 7.34. The molecule has 0 atom stereocenters. The van der Waals surface area contributed by atoms with Gasteiger partial charge in [-0.3, -0.25) is 10.2 Å². The van der Waals surface area contributed by atoms with Gasteiger partial charge >= 0.3 is 6.09 Å². The summed E-state index contributed by atoms with van der Waals surface area (Å²) in [6, 6.07) is 0. The number of nitrogens with zero attached hydrogens (tertiary/aromatic N) is 1. The third kappa shape index (κ3) is 4.99. The fourth-order valence-electron chi connectivity index (χ4n) is 1.53. The molecule has 0 saturated carbocycles. The first-order valence-electron chi connectivity index (χ1n) is 5.67. The van der Waals surface area contributed by atoms with Crippen molar-refractivity contribution in [1.82, 2.24) is 10.2 Å². The lowest BCUT2D eigenvalue weighted by atomic mass is 10.2. The molecule has 0 aromatic rings. The predicted octanol–water partition coefficient (Wildman–Crippen LogP) is 0.505. The Morgan fingerprint density at radius 1 is 1.33 bits per heavy atom. The van der Waals surface area contributed by atoms with Crippen molar-refractivity contribution in [2.45, 2.75) is 25.7 Å². The van der Waals surface area contributed by atoms with Crippen LogP contribution >= 0.6 is 0 Å². The van der Waals surface area contributed by atoms with Crippen molar-refractivity contribution in [3.05, 3.63) is 0 Å². The molecule has 5 nitrogen and oxygen atoms in total. The van der Waals surface area contributed by atoms with Crippen LogP contribution in [0.1, 0.15) is 25.7 Å². The highest BCUT2D eigenvalue weighted by atomic mass is 16.6. The average molecular weight is 215 g/mol. The summed E-state index contributed by atoms with van der Waals surface area (Å²) in [4.78, 5) is 12.7. The van der Waals surface area contributed by atoms with Crippen molar-refractivity contribution in [3.8, 4) is 0 Å². The minimum atomic E-state index is -0.203. The third-order valence-corrected chi connectivity index (χ3v) is 2.46. The van der Waals surface area contributed by atoms with Crippen molar-refractivity contribution in [3.63, 3.8) is 0 Å². The lowest BCUT2D eigenvalue weighted by Gasteiger charge is -2.13. The second-order valence-electron chi connectivity index (χ2n) is 3.74. The number of amides is 1. The Kier molecular flexibility index (Phi) is 6.11. The van der Waals surface area contributed by atoms with Crippen LogP contribution in [0.5, 0.6) is 0 Å². The van der Waals surface area contributed by atoms with E-state index in [0.29, 0.717) is 19.8 Å². The topological polar surface area (TPSA) is 67.6 Å². The summed E-state index contributed by atoms with van der Waals surface area (Å²) in [6.45, 7) is 3.58. The van der Waals surface area contributed by atoms with E-state index >= 15 is 0 Å².